The Bertz CT molecular complexity index is 1100. The highest BCUT2D eigenvalue weighted by atomic mass is 16.5. The van der Waals surface area contributed by atoms with E-state index in [2.05, 4.69) is 6.92 Å². The summed E-state index contributed by atoms with van der Waals surface area (Å²) in [6, 6.07) is 8.53. The molecule has 1 spiro atoms. The minimum Gasteiger partial charge on any atom is -0.395 e. The molecule has 4 heterocycles. The lowest BCUT2D eigenvalue weighted by molar-refractivity contribution is -0.152. The number of fused-ring (bicyclic) bond motifs is 2. The third kappa shape index (κ3) is 3.92. The van der Waals surface area contributed by atoms with Gasteiger partial charge >= 0.3 is 0 Å². The lowest BCUT2D eigenvalue weighted by Gasteiger charge is -2.38. The fourth-order valence-corrected chi connectivity index (χ4v) is 6.75. The number of likely N-dealkylation sites (tertiary alicyclic amines) is 1. The van der Waals surface area contributed by atoms with Gasteiger partial charge in [0.2, 0.25) is 17.7 Å². The monoisotopic (exact) mass is 507 g/mol. The van der Waals surface area contributed by atoms with Crippen molar-refractivity contribution in [2.45, 2.75) is 56.8 Å². The Balaban J connectivity index is 1.60. The Morgan fingerprint density at radius 3 is 2.38 bits per heavy atom. The summed E-state index contributed by atoms with van der Waals surface area (Å²) in [5.41, 5.74) is -1.52. The van der Waals surface area contributed by atoms with E-state index in [4.69, 9.17) is 4.74 Å². The number of β-amino-alcohol motifs (C(OH)–C–C–N with tert-alkyl or cyclic N) is 1. The zero-order valence-electron chi connectivity index (χ0n) is 21.7. The van der Waals surface area contributed by atoms with Crippen molar-refractivity contribution >= 4 is 23.4 Å². The number of rotatable bonds is 8. The summed E-state index contributed by atoms with van der Waals surface area (Å²) in [6.45, 7) is 5.23. The standard InChI is InChI=1S/C29H37N3O5/c1-3-5-9-16-30-17-11-15-29-23(26(35)32(19-20-33)24(29)27(30)36)22-25(34)31(21-12-7-6-8-13-21)18-10-14-28(22,4-2)37-29/h6-8,10-15,22-24,33H,3-5,9,16-20H2,1-2H3/t22-,23-,24?,28+,29-/m0/s1. The second kappa shape index (κ2) is 10.1. The van der Waals surface area contributed by atoms with Crippen LogP contribution in [0.2, 0.25) is 0 Å². The molecule has 0 aliphatic carbocycles. The first-order valence-electron chi connectivity index (χ1n) is 13.6. The molecule has 4 aliphatic rings. The van der Waals surface area contributed by atoms with Crippen LogP contribution in [0.5, 0.6) is 0 Å². The van der Waals surface area contributed by atoms with E-state index in [0.29, 0.717) is 26.1 Å². The molecular formula is C29H37N3O5. The molecule has 0 aromatic heterocycles. The van der Waals surface area contributed by atoms with Crippen LogP contribution >= 0.6 is 0 Å². The zero-order chi connectivity index (χ0) is 26.2. The van der Waals surface area contributed by atoms with Crippen molar-refractivity contribution in [1.82, 2.24) is 9.80 Å². The van der Waals surface area contributed by atoms with Crippen molar-refractivity contribution in [3.8, 4) is 0 Å². The molecule has 2 fully saturated rings. The Hall–Kier alpha value is -2.97. The number of nitrogens with zero attached hydrogens (tertiary/aromatic N) is 3. The molecule has 1 N–H and O–H groups in total. The molecule has 1 aromatic carbocycles. The van der Waals surface area contributed by atoms with E-state index < -0.39 is 29.1 Å². The van der Waals surface area contributed by atoms with Gasteiger partial charge in [-0.3, -0.25) is 14.4 Å². The lowest BCUT2D eigenvalue weighted by atomic mass is 9.73. The summed E-state index contributed by atoms with van der Waals surface area (Å²) in [6.07, 6.45) is 11.1. The molecular weight excluding hydrogens is 470 g/mol. The molecule has 0 bridgehead atoms. The van der Waals surface area contributed by atoms with Crippen LogP contribution in [0.15, 0.2) is 54.6 Å². The minimum atomic E-state index is -1.27. The number of hydrogen-bond acceptors (Lipinski definition) is 5. The number of ether oxygens (including phenoxy) is 1. The fraction of sp³-hybridized carbons (Fsp3) is 0.552. The highest BCUT2D eigenvalue weighted by molar-refractivity contribution is 6.04. The smallest absolute Gasteiger partial charge is 0.249 e. The van der Waals surface area contributed by atoms with Crippen molar-refractivity contribution in [3.05, 3.63) is 54.6 Å². The third-order valence-electron chi connectivity index (χ3n) is 8.46. The van der Waals surface area contributed by atoms with E-state index in [0.717, 1.165) is 24.9 Å². The lowest BCUT2D eigenvalue weighted by Crippen LogP contribution is -2.56. The Labute approximate surface area is 218 Å². The van der Waals surface area contributed by atoms with E-state index in [1.54, 1.807) is 9.80 Å². The Morgan fingerprint density at radius 2 is 1.68 bits per heavy atom. The van der Waals surface area contributed by atoms with Gasteiger partial charge in [-0.2, -0.15) is 0 Å². The molecule has 8 heteroatoms. The van der Waals surface area contributed by atoms with Crippen LogP contribution < -0.4 is 4.90 Å². The molecule has 5 rings (SSSR count). The van der Waals surface area contributed by atoms with Gasteiger partial charge in [-0.05, 0) is 25.0 Å². The van der Waals surface area contributed by atoms with Crippen LogP contribution in [-0.2, 0) is 19.1 Å². The SMILES string of the molecule is CCCCCN1CC=C[C@]23O[C@]4(CC)C=CCN(c5ccccc5)C(=O)[C@@H]4[C@H]2C(=O)N(CCO)C3C1=O. The summed E-state index contributed by atoms with van der Waals surface area (Å²) in [5.74, 6) is -2.31. The topological polar surface area (TPSA) is 90.4 Å². The summed E-state index contributed by atoms with van der Waals surface area (Å²) in [5, 5.41) is 9.84. The number of anilines is 1. The number of amides is 3. The maximum absolute atomic E-state index is 14.3. The van der Waals surface area contributed by atoms with Crippen molar-refractivity contribution in [1.29, 1.82) is 0 Å². The van der Waals surface area contributed by atoms with Crippen LogP contribution in [0.4, 0.5) is 5.69 Å². The van der Waals surface area contributed by atoms with Gasteiger partial charge in [0, 0.05) is 31.9 Å². The molecule has 1 aromatic rings. The maximum Gasteiger partial charge on any atom is 0.249 e. The summed E-state index contributed by atoms with van der Waals surface area (Å²) in [4.78, 5) is 47.4. The van der Waals surface area contributed by atoms with Crippen molar-refractivity contribution in [2.24, 2.45) is 11.8 Å². The normalized spacial score (nSPS) is 32.9. The van der Waals surface area contributed by atoms with Crippen molar-refractivity contribution < 1.29 is 24.2 Å². The van der Waals surface area contributed by atoms with Gasteiger partial charge in [0.15, 0.2) is 0 Å². The van der Waals surface area contributed by atoms with Crippen molar-refractivity contribution in [3.63, 3.8) is 0 Å². The molecule has 2 saturated heterocycles. The van der Waals surface area contributed by atoms with E-state index in [-0.39, 0.29) is 30.9 Å². The van der Waals surface area contributed by atoms with Gasteiger partial charge in [-0.1, -0.05) is 69.2 Å². The first kappa shape index (κ1) is 25.7. The highest BCUT2D eigenvalue weighted by Gasteiger charge is 2.75. The molecule has 198 valence electrons. The first-order valence-corrected chi connectivity index (χ1v) is 13.6. The van der Waals surface area contributed by atoms with Gasteiger partial charge in [-0.15, -0.1) is 0 Å². The number of carbonyl (C=O) groups excluding carboxylic acids is 3. The van der Waals surface area contributed by atoms with Crippen LogP contribution in [0.1, 0.15) is 39.5 Å². The zero-order valence-corrected chi connectivity index (χ0v) is 21.7. The largest absolute Gasteiger partial charge is 0.395 e. The number of unbranched alkanes of at least 4 members (excludes halogenated alkanes) is 2. The molecule has 0 radical (unpaired) electrons. The van der Waals surface area contributed by atoms with Crippen LogP contribution in [0, 0.1) is 11.8 Å². The van der Waals surface area contributed by atoms with Crippen LogP contribution in [0.25, 0.3) is 0 Å². The van der Waals surface area contributed by atoms with E-state index in [1.807, 2.05) is 61.6 Å². The second-order valence-corrected chi connectivity index (χ2v) is 10.5. The fourth-order valence-electron chi connectivity index (χ4n) is 6.75. The predicted molar refractivity (Wildman–Crippen MR) is 140 cm³/mol. The number of aliphatic hydroxyl groups is 1. The van der Waals surface area contributed by atoms with Crippen LogP contribution in [0.3, 0.4) is 0 Å². The third-order valence-corrected chi connectivity index (χ3v) is 8.46. The quantitative estimate of drug-likeness (QED) is 0.431. The average Bonchev–Trinajstić information content (AvgIpc) is 3.19. The molecule has 4 aliphatic heterocycles. The van der Waals surface area contributed by atoms with E-state index in [1.165, 1.54) is 4.90 Å². The maximum atomic E-state index is 14.3. The molecule has 5 atom stereocenters. The molecule has 8 nitrogen and oxygen atoms in total. The average molecular weight is 508 g/mol. The predicted octanol–water partition coefficient (Wildman–Crippen LogP) is 2.53. The molecule has 3 amide bonds. The summed E-state index contributed by atoms with van der Waals surface area (Å²) in [7, 11) is 0. The minimum absolute atomic E-state index is 0.0196. The van der Waals surface area contributed by atoms with Gasteiger partial charge in [0.05, 0.1) is 24.0 Å². The van der Waals surface area contributed by atoms with E-state index in [9.17, 15) is 19.5 Å². The Morgan fingerprint density at radius 1 is 0.919 bits per heavy atom. The van der Waals surface area contributed by atoms with Gasteiger partial charge in [0.25, 0.3) is 0 Å². The summed E-state index contributed by atoms with van der Waals surface area (Å²) < 4.78 is 6.91. The first-order chi connectivity index (χ1) is 17.9. The number of para-hydroxylation sites is 1. The summed E-state index contributed by atoms with van der Waals surface area (Å²) >= 11 is 0. The van der Waals surface area contributed by atoms with Gasteiger partial charge in [0.1, 0.15) is 11.6 Å². The number of carbonyl (C=O) groups is 3. The number of aliphatic hydroxyl groups excluding tert-OH is 1. The van der Waals surface area contributed by atoms with Gasteiger partial charge in [-0.25, -0.2) is 0 Å². The second-order valence-electron chi connectivity index (χ2n) is 10.5. The number of hydrogen-bond donors (Lipinski definition) is 1. The Kier molecular flexibility index (Phi) is 6.98. The van der Waals surface area contributed by atoms with Crippen LogP contribution in [-0.4, -0.2) is 82.7 Å². The van der Waals surface area contributed by atoms with Gasteiger partial charge < -0.3 is 24.5 Å². The molecule has 1 unspecified atom stereocenters. The highest BCUT2D eigenvalue weighted by Crippen LogP contribution is 2.58. The van der Waals surface area contributed by atoms with E-state index >= 15 is 0 Å². The number of benzene rings is 1. The molecule has 0 saturated carbocycles. The van der Waals surface area contributed by atoms with Crippen molar-refractivity contribution in [2.75, 3.05) is 37.7 Å². The molecule has 37 heavy (non-hydrogen) atoms.